The quantitative estimate of drug-likeness (QED) is 0.667. The number of nitrogens with one attached hydrogen (secondary N) is 1. The summed E-state index contributed by atoms with van der Waals surface area (Å²) < 4.78 is 24.1. The molecule has 0 radical (unpaired) electrons. The standard InChI is InChI=1S/C24H27FN4O4/c1-32-19-8-2-16(3-9-19)24(10-12-33-13-11-24)15-27-23(31)20-14-21(22(26)30)29(28-20)18-6-4-17(25)5-7-18/h2-9,21H,10-15H2,1H3,(H2,26,30)(H,27,31). The lowest BCUT2D eigenvalue weighted by molar-refractivity contribution is -0.119. The average molecular weight is 455 g/mol. The van der Waals surface area contributed by atoms with Crippen molar-refractivity contribution >= 4 is 23.2 Å². The molecule has 2 aromatic rings. The Kier molecular flexibility index (Phi) is 6.60. The zero-order valence-corrected chi connectivity index (χ0v) is 18.4. The summed E-state index contributed by atoms with van der Waals surface area (Å²) in [7, 11) is 1.62. The minimum atomic E-state index is -0.810. The number of hydrogen-bond acceptors (Lipinski definition) is 6. The summed E-state index contributed by atoms with van der Waals surface area (Å²) in [4.78, 5) is 25.0. The number of benzene rings is 2. The molecule has 0 saturated carbocycles. The maximum Gasteiger partial charge on any atom is 0.267 e. The SMILES string of the molecule is COc1ccc(C2(CNC(=O)C3=NN(c4ccc(F)cc4)C(C(N)=O)C3)CCOCC2)cc1. The highest BCUT2D eigenvalue weighted by Gasteiger charge is 2.38. The third kappa shape index (κ3) is 4.83. The first-order valence-corrected chi connectivity index (χ1v) is 10.8. The van der Waals surface area contributed by atoms with E-state index in [4.69, 9.17) is 15.2 Å². The fourth-order valence-corrected chi connectivity index (χ4v) is 4.33. The minimum Gasteiger partial charge on any atom is -0.497 e. The van der Waals surface area contributed by atoms with E-state index in [1.807, 2.05) is 24.3 Å². The van der Waals surface area contributed by atoms with Crippen LogP contribution in [0, 0.1) is 5.82 Å². The van der Waals surface area contributed by atoms with Gasteiger partial charge in [-0.3, -0.25) is 14.6 Å². The zero-order valence-electron chi connectivity index (χ0n) is 18.4. The van der Waals surface area contributed by atoms with Crippen LogP contribution in [0.15, 0.2) is 53.6 Å². The van der Waals surface area contributed by atoms with Crippen LogP contribution in [0.3, 0.4) is 0 Å². The molecule has 2 aliphatic heterocycles. The Morgan fingerprint density at radius 2 is 1.85 bits per heavy atom. The number of hydrazone groups is 1. The second-order valence-corrected chi connectivity index (χ2v) is 8.29. The Hall–Kier alpha value is -3.46. The van der Waals surface area contributed by atoms with Crippen LogP contribution < -0.4 is 20.8 Å². The third-order valence-corrected chi connectivity index (χ3v) is 6.33. The number of anilines is 1. The van der Waals surface area contributed by atoms with Crippen LogP contribution in [-0.2, 0) is 19.7 Å². The van der Waals surface area contributed by atoms with Crippen molar-refractivity contribution in [2.75, 3.05) is 31.9 Å². The van der Waals surface area contributed by atoms with Crippen molar-refractivity contribution in [1.82, 2.24) is 5.32 Å². The molecule has 8 nitrogen and oxygen atoms in total. The maximum absolute atomic E-state index is 13.3. The van der Waals surface area contributed by atoms with Gasteiger partial charge in [-0.25, -0.2) is 4.39 Å². The highest BCUT2D eigenvalue weighted by atomic mass is 19.1. The van der Waals surface area contributed by atoms with Crippen molar-refractivity contribution in [3.05, 3.63) is 59.9 Å². The topological polar surface area (TPSA) is 106 Å². The largest absolute Gasteiger partial charge is 0.497 e. The van der Waals surface area contributed by atoms with E-state index in [0.717, 1.165) is 24.2 Å². The Morgan fingerprint density at radius 1 is 1.18 bits per heavy atom. The van der Waals surface area contributed by atoms with Gasteiger partial charge in [0.25, 0.3) is 5.91 Å². The van der Waals surface area contributed by atoms with Gasteiger partial charge in [-0.2, -0.15) is 5.10 Å². The van der Waals surface area contributed by atoms with Crippen LogP contribution in [0.5, 0.6) is 5.75 Å². The molecular formula is C24H27FN4O4. The molecule has 0 spiro atoms. The molecular weight excluding hydrogens is 427 g/mol. The van der Waals surface area contributed by atoms with Gasteiger partial charge in [0, 0.05) is 31.6 Å². The molecule has 3 N–H and O–H groups in total. The first kappa shape index (κ1) is 22.7. The van der Waals surface area contributed by atoms with Crippen LogP contribution in [0.4, 0.5) is 10.1 Å². The second-order valence-electron chi connectivity index (χ2n) is 8.29. The number of rotatable bonds is 7. The second kappa shape index (κ2) is 9.58. The predicted molar refractivity (Wildman–Crippen MR) is 122 cm³/mol. The fourth-order valence-electron chi connectivity index (χ4n) is 4.33. The molecule has 2 aromatic carbocycles. The van der Waals surface area contributed by atoms with Crippen LogP contribution >= 0.6 is 0 Å². The van der Waals surface area contributed by atoms with Crippen LogP contribution in [0.1, 0.15) is 24.8 Å². The summed E-state index contributed by atoms with van der Waals surface area (Å²) in [6, 6.07) is 12.6. The van der Waals surface area contributed by atoms with Crippen molar-refractivity contribution in [3.8, 4) is 5.75 Å². The Labute approximate surface area is 191 Å². The summed E-state index contributed by atoms with van der Waals surface area (Å²) in [5.41, 5.74) is 7.06. The van der Waals surface area contributed by atoms with Gasteiger partial charge in [-0.05, 0) is 54.8 Å². The Balaban J connectivity index is 1.51. The summed E-state index contributed by atoms with van der Waals surface area (Å²) in [5, 5.41) is 8.73. The van der Waals surface area contributed by atoms with Gasteiger partial charge in [0.1, 0.15) is 23.3 Å². The number of amides is 2. The molecule has 1 atom stereocenters. The minimum absolute atomic E-state index is 0.0805. The molecule has 4 rings (SSSR count). The predicted octanol–water partition coefficient (Wildman–Crippen LogP) is 2.12. The number of hydrogen-bond donors (Lipinski definition) is 2. The van der Waals surface area contributed by atoms with Gasteiger partial charge in [0.05, 0.1) is 12.8 Å². The zero-order chi connectivity index (χ0) is 23.4. The number of ether oxygens (including phenoxy) is 2. The van der Waals surface area contributed by atoms with Crippen molar-refractivity contribution < 1.29 is 23.5 Å². The Morgan fingerprint density at radius 3 is 2.45 bits per heavy atom. The number of carbonyl (C=O) groups excluding carboxylic acids is 2. The number of primary amides is 1. The highest BCUT2D eigenvalue weighted by molar-refractivity contribution is 6.40. The summed E-state index contributed by atoms with van der Waals surface area (Å²) in [6.45, 7) is 1.61. The smallest absolute Gasteiger partial charge is 0.267 e. The lowest BCUT2D eigenvalue weighted by atomic mass is 9.74. The molecule has 0 aromatic heterocycles. The molecule has 1 unspecified atom stereocenters. The molecule has 0 aliphatic carbocycles. The molecule has 2 heterocycles. The van der Waals surface area contributed by atoms with Crippen molar-refractivity contribution in [2.24, 2.45) is 10.8 Å². The first-order chi connectivity index (χ1) is 15.9. The van der Waals surface area contributed by atoms with E-state index >= 15 is 0 Å². The number of halogens is 1. The van der Waals surface area contributed by atoms with E-state index in [0.29, 0.717) is 25.4 Å². The van der Waals surface area contributed by atoms with Crippen molar-refractivity contribution in [2.45, 2.75) is 30.7 Å². The van der Waals surface area contributed by atoms with Gasteiger partial charge in [0.15, 0.2) is 0 Å². The molecule has 174 valence electrons. The van der Waals surface area contributed by atoms with Crippen molar-refractivity contribution in [1.29, 1.82) is 0 Å². The normalized spacial score (nSPS) is 19.6. The van der Waals surface area contributed by atoms with Crippen LogP contribution in [-0.4, -0.2) is 50.4 Å². The van der Waals surface area contributed by atoms with Gasteiger partial charge in [-0.15, -0.1) is 0 Å². The average Bonchev–Trinajstić information content (AvgIpc) is 3.30. The van der Waals surface area contributed by atoms with E-state index in [1.165, 1.54) is 29.3 Å². The van der Waals surface area contributed by atoms with Crippen molar-refractivity contribution in [3.63, 3.8) is 0 Å². The van der Waals surface area contributed by atoms with E-state index in [-0.39, 0.29) is 23.5 Å². The molecule has 2 aliphatic rings. The van der Waals surface area contributed by atoms with Gasteiger partial charge in [0.2, 0.25) is 5.91 Å². The third-order valence-electron chi connectivity index (χ3n) is 6.33. The van der Waals surface area contributed by atoms with Gasteiger partial charge in [-0.1, -0.05) is 12.1 Å². The molecule has 9 heteroatoms. The lowest BCUT2D eigenvalue weighted by Crippen LogP contribution is -2.46. The highest BCUT2D eigenvalue weighted by Crippen LogP contribution is 2.35. The summed E-state index contributed by atoms with van der Waals surface area (Å²) in [5.74, 6) is -0.602. The number of nitrogens with two attached hydrogens (primary N) is 1. The monoisotopic (exact) mass is 454 g/mol. The molecule has 0 bridgehead atoms. The summed E-state index contributed by atoms with van der Waals surface area (Å²) >= 11 is 0. The van der Waals surface area contributed by atoms with Crippen LogP contribution in [0.25, 0.3) is 0 Å². The fraction of sp³-hybridized carbons (Fsp3) is 0.375. The van der Waals surface area contributed by atoms with E-state index in [2.05, 4.69) is 10.4 Å². The molecule has 1 saturated heterocycles. The molecule has 1 fully saturated rings. The lowest BCUT2D eigenvalue weighted by Gasteiger charge is -2.38. The Bertz CT molecular complexity index is 1030. The van der Waals surface area contributed by atoms with E-state index in [1.54, 1.807) is 7.11 Å². The van der Waals surface area contributed by atoms with Gasteiger partial charge >= 0.3 is 0 Å². The molecule has 33 heavy (non-hydrogen) atoms. The van der Waals surface area contributed by atoms with E-state index < -0.39 is 17.8 Å². The maximum atomic E-state index is 13.3. The van der Waals surface area contributed by atoms with Gasteiger partial charge < -0.3 is 20.5 Å². The van der Waals surface area contributed by atoms with Crippen LogP contribution in [0.2, 0.25) is 0 Å². The summed E-state index contributed by atoms with van der Waals surface area (Å²) in [6.07, 6.45) is 1.60. The molecule has 2 amide bonds. The number of carbonyl (C=O) groups is 2. The number of nitrogens with zero attached hydrogens (tertiary/aromatic N) is 2. The van der Waals surface area contributed by atoms with E-state index in [9.17, 15) is 14.0 Å². The first-order valence-electron chi connectivity index (χ1n) is 10.8. The number of methoxy groups -OCH3 is 1.